The molecule has 1 aromatic rings. The van der Waals surface area contributed by atoms with E-state index in [0.29, 0.717) is 18.9 Å². The van der Waals surface area contributed by atoms with E-state index >= 15 is 0 Å². The molecule has 2 atom stereocenters. The Balaban J connectivity index is 0.00000243. The number of benzene rings is 1. The predicted octanol–water partition coefficient (Wildman–Crippen LogP) is 2.83. The normalized spacial score (nSPS) is 22.5. The molecule has 1 aliphatic heterocycles. The van der Waals surface area contributed by atoms with Gasteiger partial charge in [0.25, 0.3) is 0 Å². The van der Waals surface area contributed by atoms with Crippen molar-refractivity contribution in [2.45, 2.75) is 44.8 Å². The standard InChI is InChI=1S/C20H32N4O.3ClH/c1-23-9-11-24(12-10-23)15-17-7-5-16(6-8-17)14-22-20(25)13-18-3-2-4-19(18)21;;;/h5-8,18-19H,2-4,9-15,21H2,1H3,(H,22,25);3*1H/t18-,19+;;;/m0.../s1. The van der Waals surface area contributed by atoms with Gasteiger partial charge in [-0.1, -0.05) is 30.7 Å². The highest BCUT2D eigenvalue weighted by atomic mass is 35.5. The highest BCUT2D eigenvalue weighted by Crippen LogP contribution is 2.26. The van der Waals surface area contributed by atoms with E-state index in [9.17, 15) is 4.79 Å². The van der Waals surface area contributed by atoms with Gasteiger partial charge in [-0.3, -0.25) is 9.69 Å². The van der Waals surface area contributed by atoms with Crippen molar-refractivity contribution in [2.24, 2.45) is 11.7 Å². The first-order valence-corrected chi connectivity index (χ1v) is 9.61. The van der Waals surface area contributed by atoms with Crippen LogP contribution in [-0.2, 0) is 17.9 Å². The third-order valence-corrected chi connectivity index (χ3v) is 5.68. The molecule has 3 rings (SSSR count). The summed E-state index contributed by atoms with van der Waals surface area (Å²) in [4.78, 5) is 17.0. The van der Waals surface area contributed by atoms with Gasteiger partial charge in [-0.05, 0) is 36.9 Å². The molecule has 1 aliphatic carbocycles. The molecule has 0 bridgehead atoms. The second-order valence-corrected chi connectivity index (χ2v) is 7.73. The molecular weight excluding hydrogens is 419 g/mol. The summed E-state index contributed by atoms with van der Waals surface area (Å²) >= 11 is 0. The lowest BCUT2D eigenvalue weighted by Crippen LogP contribution is -2.43. The van der Waals surface area contributed by atoms with Crippen molar-refractivity contribution < 1.29 is 4.79 Å². The van der Waals surface area contributed by atoms with E-state index in [1.54, 1.807) is 0 Å². The zero-order valence-electron chi connectivity index (χ0n) is 16.6. The number of carbonyl (C=O) groups is 1. The van der Waals surface area contributed by atoms with E-state index in [1.807, 2.05) is 0 Å². The number of nitrogens with zero attached hydrogens (tertiary/aromatic N) is 2. The van der Waals surface area contributed by atoms with Crippen LogP contribution in [0.25, 0.3) is 0 Å². The minimum atomic E-state index is 0. The molecule has 1 aromatic carbocycles. The number of nitrogens with two attached hydrogens (primary N) is 1. The minimum absolute atomic E-state index is 0. The van der Waals surface area contributed by atoms with Crippen LogP contribution in [0.1, 0.15) is 36.8 Å². The van der Waals surface area contributed by atoms with Crippen molar-refractivity contribution in [3.8, 4) is 0 Å². The van der Waals surface area contributed by atoms with Crippen molar-refractivity contribution in [1.82, 2.24) is 15.1 Å². The lowest BCUT2D eigenvalue weighted by Gasteiger charge is -2.32. The Kier molecular flexibility index (Phi) is 13.4. The maximum absolute atomic E-state index is 12.1. The summed E-state index contributed by atoms with van der Waals surface area (Å²) in [5.74, 6) is 0.495. The zero-order chi connectivity index (χ0) is 17.6. The van der Waals surface area contributed by atoms with Crippen molar-refractivity contribution >= 4 is 43.1 Å². The Morgan fingerprint density at radius 1 is 1.04 bits per heavy atom. The lowest BCUT2D eigenvalue weighted by atomic mass is 10.00. The second kappa shape index (κ2) is 13.6. The number of halogens is 3. The number of hydrogen-bond acceptors (Lipinski definition) is 4. The van der Waals surface area contributed by atoms with Crippen molar-refractivity contribution in [3.05, 3.63) is 35.4 Å². The average molecular weight is 454 g/mol. The number of likely N-dealkylation sites (N-methyl/N-ethyl adjacent to an activating group) is 1. The van der Waals surface area contributed by atoms with E-state index in [2.05, 4.69) is 46.4 Å². The maximum Gasteiger partial charge on any atom is 0.220 e. The third kappa shape index (κ3) is 8.44. The van der Waals surface area contributed by atoms with E-state index in [0.717, 1.165) is 57.5 Å². The molecule has 8 heteroatoms. The molecule has 1 heterocycles. The predicted molar refractivity (Wildman–Crippen MR) is 123 cm³/mol. The number of rotatable bonds is 6. The molecule has 0 radical (unpaired) electrons. The first-order chi connectivity index (χ1) is 12.1. The van der Waals surface area contributed by atoms with Gasteiger partial charge in [0.05, 0.1) is 0 Å². The second-order valence-electron chi connectivity index (χ2n) is 7.73. The summed E-state index contributed by atoms with van der Waals surface area (Å²) in [6.45, 7) is 6.19. The number of carbonyl (C=O) groups excluding carboxylic acids is 1. The first kappa shape index (κ1) is 27.4. The summed E-state index contributed by atoms with van der Waals surface area (Å²) < 4.78 is 0. The summed E-state index contributed by atoms with van der Waals surface area (Å²) in [6.07, 6.45) is 3.89. The summed E-state index contributed by atoms with van der Waals surface area (Å²) in [5.41, 5.74) is 8.55. The molecule has 2 aliphatic rings. The summed E-state index contributed by atoms with van der Waals surface area (Å²) in [7, 11) is 2.18. The molecule has 0 aromatic heterocycles. The van der Waals surface area contributed by atoms with Gasteiger partial charge in [0.15, 0.2) is 0 Å². The van der Waals surface area contributed by atoms with E-state index in [-0.39, 0.29) is 49.2 Å². The quantitative estimate of drug-likeness (QED) is 0.695. The molecule has 3 N–H and O–H groups in total. The van der Waals surface area contributed by atoms with Crippen LogP contribution < -0.4 is 11.1 Å². The summed E-state index contributed by atoms with van der Waals surface area (Å²) in [6, 6.07) is 8.85. The zero-order valence-corrected chi connectivity index (χ0v) is 19.1. The van der Waals surface area contributed by atoms with Gasteiger partial charge in [-0.2, -0.15) is 0 Å². The number of hydrogen-bond donors (Lipinski definition) is 2. The van der Waals surface area contributed by atoms with Crippen LogP contribution in [0.5, 0.6) is 0 Å². The Morgan fingerprint density at radius 2 is 1.64 bits per heavy atom. The van der Waals surface area contributed by atoms with Gasteiger partial charge < -0.3 is 16.0 Å². The first-order valence-electron chi connectivity index (χ1n) is 9.61. The van der Waals surface area contributed by atoms with Gasteiger partial charge in [0.2, 0.25) is 5.91 Å². The topological polar surface area (TPSA) is 61.6 Å². The van der Waals surface area contributed by atoms with Crippen LogP contribution in [-0.4, -0.2) is 55.0 Å². The number of amides is 1. The number of piperazine rings is 1. The van der Waals surface area contributed by atoms with Gasteiger partial charge in [0, 0.05) is 51.7 Å². The third-order valence-electron chi connectivity index (χ3n) is 5.68. The van der Waals surface area contributed by atoms with Crippen LogP contribution >= 0.6 is 37.2 Å². The summed E-state index contributed by atoms with van der Waals surface area (Å²) in [5, 5.41) is 3.04. The van der Waals surface area contributed by atoms with Crippen molar-refractivity contribution in [2.75, 3.05) is 33.2 Å². The van der Waals surface area contributed by atoms with Gasteiger partial charge in [-0.15, -0.1) is 37.2 Å². The maximum atomic E-state index is 12.1. The van der Waals surface area contributed by atoms with Gasteiger partial charge in [0.1, 0.15) is 0 Å². The lowest BCUT2D eigenvalue weighted by molar-refractivity contribution is -0.122. The number of nitrogens with one attached hydrogen (secondary N) is 1. The van der Waals surface area contributed by atoms with Crippen LogP contribution in [0.4, 0.5) is 0 Å². The van der Waals surface area contributed by atoms with Crippen LogP contribution in [0.15, 0.2) is 24.3 Å². The Bertz CT molecular complexity index is 565. The highest BCUT2D eigenvalue weighted by molar-refractivity contribution is 5.86. The fraction of sp³-hybridized carbons (Fsp3) is 0.650. The molecule has 162 valence electrons. The monoisotopic (exact) mass is 452 g/mol. The van der Waals surface area contributed by atoms with Crippen molar-refractivity contribution in [1.29, 1.82) is 0 Å². The molecule has 1 saturated carbocycles. The van der Waals surface area contributed by atoms with E-state index < -0.39 is 0 Å². The molecule has 2 fully saturated rings. The van der Waals surface area contributed by atoms with E-state index in [4.69, 9.17) is 5.73 Å². The molecule has 5 nitrogen and oxygen atoms in total. The van der Waals surface area contributed by atoms with Gasteiger partial charge >= 0.3 is 0 Å². The molecule has 1 saturated heterocycles. The average Bonchev–Trinajstić information content (AvgIpc) is 3.01. The van der Waals surface area contributed by atoms with Crippen LogP contribution in [0, 0.1) is 5.92 Å². The Morgan fingerprint density at radius 3 is 2.21 bits per heavy atom. The molecule has 28 heavy (non-hydrogen) atoms. The van der Waals surface area contributed by atoms with Crippen LogP contribution in [0.2, 0.25) is 0 Å². The van der Waals surface area contributed by atoms with Crippen molar-refractivity contribution in [3.63, 3.8) is 0 Å². The molecule has 0 spiro atoms. The van der Waals surface area contributed by atoms with Gasteiger partial charge in [-0.25, -0.2) is 0 Å². The molecule has 0 unspecified atom stereocenters. The highest BCUT2D eigenvalue weighted by Gasteiger charge is 2.25. The largest absolute Gasteiger partial charge is 0.352 e. The van der Waals surface area contributed by atoms with E-state index in [1.165, 1.54) is 5.56 Å². The fourth-order valence-corrected chi connectivity index (χ4v) is 3.86. The Hall–Kier alpha value is -0.560. The fourth-order valence-electron chi connectivity index (χ4n) is 3.86. The molecule has 1 amide bonds. The molecular formula is C20H35Cl3N4O. The minimum Gasteiger partial charge on any atom is -0.352 e. The Labute approximate surface area is 188 Å². The SMILES string of the molecule is CN1CCN(Cc2ccc(CNC(=O)C[C@@H]3CCC[C@H]3N)cc2)CC1.Cl.Cl.Cl. The van der Waals surface area contributed by atoms with Crippen LogP contribution in [0.3, 0.4) is 0 Å². The smallest absolute Gasteiger partial charge is 0.220 e.